The molecule has 1 aromatic heterocycles. The van der Waals surface area contributed by atoms with E-state index in [1.165, 1.54) is 18.5 Å². The SMILES string of the molecule is COc1ccc(CNCC(=O)c2cc(C)n(C3CC3)c2C)cc1OC. The van der Waals surface area contributed by atoms with Gasteiger partial charge in [-0.15, -0.1) is 0 Å². The first-order chi connectivity index (χ1) is 12.0. The zero-order valence-electron chi connectivity index (χ0n) is 15.4. The summed E-state index contributed by atoms with van der Waals surface area (Å²) in [6.07, 6.45) is 2.45. The predicted molar refractivity (Wildman–Crippen MR) is 97.8 cm³/mol. The molecular weight excluding hydrogens is 316 g/mol. The minimum absolute atomic E-state index is 0.139. The van der Waals surface area contributed by atoms with E-state index in [2.05, 4.69) is 16.8 Å². The first kappa shape index (κ1) is 17.5. The molecule has 0 aliphatic heterocycles. The number of aromatic nitrogens is 1. The molecule has 5 nitrogen and oxygen atoms in total. The van der Waals surface area contributed by atoms with Crippen molar-refractivity contribution >= 4 is 5.78 Å². The molecule has 1 saturated carbocycles. The number of carbonyl (C=O) groups is 1. The molecular formula is C20H26N2O3. The van der Waals surface area contributed by atoms with Crippen LogP contribution in [0.15, 0.2) is 24.3 Å². The molecule has 1 aliphatic carbocycles. The van der Waals surface area contributed by atoms with E-state index in [0.717, 1.165) is 16.8 Å². The van der Waals surface area contributed by atoms with E-state index in [4.69, 9.17) is 9.47 Å². The minimum Gasteiger partial charge on any atom is -0.493 e. The number of carbonyl (C=O) groups excluding carboxylic acids is 1. The van der Waals surface area contributed by atoms with E-state index < -0.39 is 0 Å². The van der Waals surface area contributed by atoms with Crippen molar-refractivity contribution in [1.82, 2.24) is 9.88 Å². The highest BCUT2D eigenvalue weighted by Crippen LogP contribution is 2.38. The first-order valence-corrected chi connectivity index (χ1v) is 8.68. The maximum Gasteiger partial charge on any atom is 0.178 e. The summed E-state index contributed by atoms with van der Waals surface area (Å²) in [4.78, 5) is 12.6. The zero-order valence-corrected chi connectivity index (χ0v) is 15.4. The van der Waals surface area contributed by atoms with Crippen molar-refractivity contribution in [3.63, 3.8) is 0 Å². The minimum atomic E-state index is 0.139. The number of methoxy groups -OCH3 is 2. The van der Waals surface area contributed by atoms with Gasteiger partial charge in [-0.25, -0.2) is 0 Å². The fourth-order valence-electron chi connectivity index (χ4n) is 3.36. The number of nitrogens with zero attached hydrogens (tertiary/aromatic N) is 1. The molecule has 0 bridgehead atoms. The number of nitrogens with one attached hydrogen (secondary N) is 1. The number of hydrogen-bond donors (Lipinski definition) is 1. The number of aryl methyl sites for hydroxylation is 1. The second kappa shape index (κ2) is 7.31. The van der Waals surface area contributed by atoms with Gasteiger partial charge < -0.3 is 19.4 Å². The Labute approximate surface area is 148 Å². The molecule has 0 saturated heterocycles. The quantitative estimate of drug-likeness (QED) is 0.747. The summed E-state index contributed by atoms with van der Waals surface area (Å²) in [5.41, 5.74) is 4.17. The van der Waals surface area contributed by atoms with Crippen molar-refractivity contribution in [2.45, 2.75) is 39.3 Å². The molecule has 1 fully saturated rings. The molecule has 5 heteroatoms. The summed E-state index contributed by atoms with van der Waals surface area (Å²) in [5, 5.41) is 3.23. The van der Waals surface area contributed by atoms with E-state index in [0.29, 0.717) is 30.6 Å². The number of rotatable bonds is 8. The van der Waals surface area contributed by atoms with Crippen LogP contribution in [0, 0.1) is 13.8 Å². The predicted octanol–water partition coefficient (Wildman–Crippen LogP) is 3.43. The largest absolute Gasteiger partial charge is 0.493 e. The van der Waals surface area contributed by atoms with Crippen molar-refractivity contribution in [2.24, 2.45) is 0 Å². The molecule has 1 heterocycles. The smallest absolute Gasteiger partial charge is 0.178 e. The zero-order chi connectivity index (χ0) is 18.0. The molecule has 25 heavy (non-hydrogen) atoms. The molecule has 1 aliphatic rings. The van der Waals surface area contributed by atoms with Crippen LogP contribution in [0.25, 0.3) is 0 Å². The van der Waals surface area contributed by atoms with E-state index in [-0.39, 0.29) is 5.78 Å². The van der Waals surface area contributed by atoms with Gasteiger partial charge in [-0.3, -0.25) is 4.79 Å². The second-order valence-corrected chi connectivity index (χ2v) is 6.60. The van der Waals surface area contributed by atoms with Crippen molar-refractivity contribution < 1.29 is 14.3 Å². The highest BCUT2D eigenvalue weighted by atomic mass is 16.5. The van der Waals surface area contributed by atoms with E-state index in [1.807, 2.05) is 31.2 Å². The molecule has 1 aromatic carbocycles. The lowest BCUT2D eigenvalue weighted by Gasteiger charge is -2.10. The van der Waals surface area contributed by atoms with Gasteiger partial charge in [0, 0.05) is 29.5 Å². The summed E-state index contributed by atoms with van der Waals surface area (Å²) < 4.78 is 12.9. The Balaban J connectivity index is 1.61. The van der Waals surface area contributed by atoms with Crippen molar-refractivity contribution in [3.05, 3.63) is 46.8 Å². The maximum absolute atomic E-state index is 12.6. The van der Waals surface area contributed by atoms with Crippen LogP contribution in [0.1, 0.15) is 46.2 Å². The number of ketones is 1. The highest BCUT2D eigenvalue weighted by Gasteiger charge is 2.28. The second-order valence-electron chi connectivity index (χ2n) is 6.60. The van der Waals surface area contributed by atoms with Crippen LogP contribution in [-0.4, -0.2) is 31.1 Å². The van der Waals surface area contributed by atoms with Gasteiger partial charge in [0.25, 0.3) is 0 Å². The topological polar surface area (TPSA) is 52.5 Å². The highest BCUT2D eigenvalue weighted by molar-refractivity contribution is 5.99. The van der Waals surface area contributed by atoms with Crippen LogP contribution in [0.4, 0.5) is 0 Å². The van der Waals surface area contributed by atoms with Crippen LogP contribution < -0.4 is 14.8 Å². The average Bonchev–Trinajstić information content (AvgIpc) is 3.39. The number of ether oxygens (including phenoxy) is 2. The Hall–Kier alpha value is -2.27. The molecule has 1 N–H and O–H groups in total. The lowest BCUT2D eigenvalue weighted by molar-refractivity contribution is 0.0990. The van der Waals surface area contributed by atoms with E-state index >= 15 is 0 Å². The number of benzene rings is 1. The third-order valence-corrected chi connectivity index (χ3v) is 4.76. The summed E-state index contributed by atoms with van der Waals surface area (Å²) in [7, 11) is 3.24. The van der Waals surface area contributed by atoms with E-state index in [1.54, 1.807) is 14.2 Å². The molecule has 3 rings (SSSR count). The summed E-state index contributed by atoms with van der Waals surface area (Å²) in [6, 6.07) is 8.39. The molecule has 0 atom stereocenters. The number of Topliss-reactive ketones (excluding diaryl/α,β-unsaturated/α-hetero) is 1. The number of hydrogen-bond acceptors (Lipinski definition) is 4. The van der Waals surface area contributed by atoms with Gasteiger partial charge in [-0.1, -0.05) is 6.07 Å². The molecule has 0 radical (unpaired) electrons. The van der Waals surface area contributed by atoms with Crippen LogP contribution in [-0.2, 0) is 6.54 Å². The normalized spacial score (nSPS) is 13.8. The van der Waals surface area contributed by atoms with Crippen molar-refractivity contribution in [3.8, 4) is 11.5 Å². The lowest BCUT2D eigenvalue weighted by atomic mass is 10.1. The Morgan fingerprint density at radius 2 is 1.88 bits per heavy atom. The van der Waals surface area contributed by atoms with Gasteiger partial charge >= 0.3 is 0 Å². The van der Waals surface area contributed by atoms with Gasteiger partial charge in [0.15, 0.2) is 17.3 Å². The molecule has 2 aromatic rings. The fourth-order valence-corrected chi connectivity index (χ4v) is 3.36. The lowest BCUT2D eigenvalue weighted by Crippen LogP contribution is -2.23. The monoisotopic (exact) mass is 342 g/mol. The summed E-state index contributed by atoms with van der Waals surface area (Å²) in [5.74, 6) is 1.54. The fraction of sp³-hybridized carbons (Fsp3) is 0.450. The van der Waals surface area contributed by atoms with Gasteiger partial charge in [0.1, 0.15) is 0 Å². The summed E-state index contributed by atoms with van der Waals surface area (Å²) >= 11 is 0. The van der Waals surface area contributed by atoms with Crippen molar-refractivity contribution in [1.29, 1.82) is 0 Å². The molecule has 0 amide bonds. The Morgan fingerprint density at radius 1 is 1.16 bits per heavy atom. The Morgan fingerprint density at radius 3 is 2.52 bits per heavy atom. The van der Waals surface area contributed by atoms with Crippen molar-refractivity contribution in [2.75, 3.05) is 20.8 Å². The van der Waals surface area contributed by atoms with Gasteiger partial charge in [0.05, 0.1) is 20.8 Å². The van der Waals surface area contributed by atoms with Gasteiger partial charge in [-0.05, 0) is 50.5 Å². The average molecular weight is 342 g/mol. The van der Waals surface area contributed by atoms with Crippen LogP contribution in [0.5, 0.6) is 11.5 Å². The Bertz CT molecular complexity index is 775. The third-order valence-electron chi connectivity index (χ3n) is 4.76. The van der Waals surface area contributed by atoms with Gasteiger partial charge in [-0.2, -0.15) is 0 Å². The maximum atomic E-state index is 12.6. The summed E-state index contributed by atoms with van der Waals surface area (Å²) in [6.45, 7) is 5.06. The van der Waals surface area contributed by atoms with Gasteiger partial charge in [0.2, 0.25) is 0 Å². The molecule has 134 valence electrons. The Kier molecular flexibility index (Phi) is 5.13. The first-order valence-electron chi connectivity index (χ1n) is 8.68. The molecule has 0 spiro atoms. The molecule has 0 unspecified atom stereocenters. The van der Waals surface area contributed by atoms with Crippen LogP contribution in [0.2, 0.25) is 0 Å². The van der Waals surface area contributed by atoms with Crippen LogP contribution in [0.3, 0.4) is 0 Å². The van der Waals surface area contributed by atoms with Crippen LogP contribution >= 0.6 is 0 Å². The standard InChI is InChI=1S/C20H26N2O3/c1-13-9-17(14(2)22(13)16-6-7-16)18(23)12-21-11-15-5-8-19(24-3)20(10-15)25-4/h5,8-10,16,21H,6-7,11-12H2,1-4H3. The van der Waals surface area contributed by atoms with E-state index in [9.17, 15) is 4.79 Å². The third kappa shape index (κ3) is 3.71.